The first-order chi connectivity index (χ1) is 9.19. The molecular formula is C15H17N3O. The van der Waals surface area contributed by atoms with E-state index >= 15 is 0 Å². The molecule has 0 bridgehead atoms. The van der Waals surface area contributed by atoms with Gasteiger partial charge in [0, 0.05) is 19.5 Å². The molecule has 3 rings (SSSR count). The molecule has 0 saturated heterocycles. The van der Waals surface area contributed by atoms with Crippen LogP contribution in [0.4, 0.5) is 0 Å². The molecule has 98 valence electrons. The highest BCUT2D eigenvalue weighted by Gasteiger charge is 2.28. The summed E-state index contributed by atoms with van der Waals surface area (Å²) < 4.78 is 2.18. The summed E-state index contributed by atoms with van der Waals surface area (Å²) in [6.45, 7) is 3.95. The maximum atomic E-state index is 11.2. The van der Waals surface area contributed by atoms with Crippen LogP contribution in [0, 0.1) is 0 Å². The van der Waals surface area contributed by atoms with Crippen LogP contribution in [0.1, 0.15) is 30.1 Å². The molecule has 1 aromatic heterocycles. The van der Waals surface area contributed by atoms with Crippen LogP contribution < -0.4 is 5.32 Å². The van der Waals surface area contributed by atoms with E-state index in [1.54, 1.807) is 0 Å². The fourth-order valence-electron chi connectivity index (χ4n) is 2.34. The molecule has 1 N–H and O–H groups in total. The topological polar surface area (TPSA) is 46.9 Å². The highest BCUT2D eigenvalue weighted by atomic mass is 16.1. The summed E-state index contributed by atoms with van der Waals surface area (Å²) in [5.74, 6) is 1.67. The average molecular weight is 255 g/mol. The minimum Gasteiger partial charge on any atom is -0.348 e. The van der Waals surface area contributed by atoms with Crippen LogP contribution >= 0.6 is 0 Å². The minimum absolute atomic E-state index is 0.153. The van der Waals surface area contributed by atoms with Crippen molar-refractivity contribution in [3.8, 4) is 0 Å². The standard InChI is InChI=1S/C15H17N3O/c1-3-14(19)16-9-10-4-7-13-12(8-10)17-15(18(13)2)11-5-6-11/h3-4,7-8,11H,1,5-6,9H2,2H3,(H,16,19). The highest BCUT2D eigenvalue weighted by molar-refractivity contribution is 5.86. The summed E-state index contributed by atoms with van der Waals surface area (Å²) in [4.78, 5) is 15.9. The van der Waals surface area contributed by atoms with Crippen LogP contribution in [0.5, 0.6) is 0 Å². The van der Waals surface area contributed by atoms with Gasteiger partial charge in [-0.2, -0.15) is 0 Å². The molecule has 4 heteroatoms. The predicted octanol–water partition coefficient (Wildman–Crippen LogP) is 2.25. The van der Waals surface area contributed by atoms with Gasteiger partial charge >= 0.3 is 0 Å². The van der Waals surface area contributed by atoms with Gasteiger partial charge in [-0.15, -0.1) is 0 Å². The second-order valence-corrected chi connectivity index (χ2v) is 5.05. The molecule has 0 spiro atoms. The predicted molar refractivity (Wildman–Crippen MR) is 74.7 cm³/mol. The number of imidazole rings is 1. The van der Waals surface area contributed by atoms with Gasteiger partial charge in [0.2, 0.25) is 5.91 Å². The van der Waals surface area contributed by atoms with Gasteiger partial charge < -0.3 is 9.88 Å². The number of carbonyl (C=O) groups excluding carboxylic acids is 1. The van der Waals surface area contributed by atoms with Gasteiger partial charge in [0.1, 0.15) is 5.82 Å². The maximum Gasteiger partial charge on any atom is 0.243 e. The van der Waals surface area contributed by atoms with Gasteiger partial charge in [0.05, 0.1) is 11.0 Å². The van der Waals surface area contributed by atoms with E-state index in [1.807, 2.05) is 12.1 Å². The number of amides is 1. The first kappa shape index (κ1) is 12.0. The Balaban J connectivity index is 1.88. The number of hydrogen-bond donors (Lipinski definition) is 1. The number of aryl methyl sites for hydroxylation is 1. The molecule has 0 aliphatic heterocycles. The van der Waals surface area contributed by atoms with Gasteiger partial charge in [-0.25, -0.2) is 4.98 Å². The molecule has 1 saturated carbocycles. The third-order valence-electron chi connectivity index (χ3n) is 3.57. The van der Waals surface area contributed by atoms with Crippen molar-refractivity contribution in [2.24, 2.45) is 7.05 Å². The largest absolute Gasteiger partial charge is 0.348 e. The Bertz CT molecular complexity index is 653. The summed E-state index contributed by atoms with van der Waals surface area (Å²) in [5, 5.41) is 2.78. The Hall–Kier alpha value is -2.10. The van der Waals surface area contributed by atoms with E-state index < -0.39 is 0 Å². The van der Waals surface area contributed by atoms with Gasteiger partial charge in [-0.1, -0.05) is 12.6 Å². The summed E-state index contributed by atoms with van der Waals surface area (Å²) in [6.07, 6.45) is 3.78. The van der Waals surface area contributed by atoms with E-state index in [0.29, 0.717) is 12.5 Å². The molecule has 1 aliphatic rings. The number of rotatable bonds is 4. The van der Waals surface area contributed by atoms with Gasteiger partial charge in [-0.05, 0) is 36.6 Å². The smallest absolute Gasteiger partial charge is 0.243 e. The lowest BCUT2D eigenvalue weighted by Gasteiger charge is -2.03. The number of nitrogens with zero attached hydrogens (tertiary/aromatic N) is 2. The summed E-state index contributed by atoms with van der Waals surface area (Å²) in [5.41, 5.74) is 3.22. The van der Waals surface area contributed by atoms with E-state index in [0.717, 1.165) is 16.6 Å². The summed E-state index contributed by atoms with van der Waals surface area (Å²) in [6, 6.07) is 6.15. The van der Waals surface area contributed by atoms with Crippen LogP contribution in [0.2, 0.25) is 0 Å². The van der Waals surface area contributed by atoms with E-state index in [2.05, 4.69) is 29.6 Å². The monoisotopic (exact) mass is 255 g/mol. The Morgan fingerprint density at radius 3 is 3.05 bits per heavy atom. The number of hydrogen-bond acceptors (Lipinski definition) is 2. The zero-order valence-corrected chi connectivity index (χ0v) is 11.0. The molecule has 2 aromatic rings. The second-order valence-electron chi connectivity index (χ2n) is 5.05. The zero-order chi connectivity index (χ0) is 13.4. The van der Waals surface area contributed by atoms with Gasteiger partial charge in [0.25, 0.3) is 0 Å². The second kappa shape index (κ2) is 4.53. The van der Waals surface area contributed by atoms with Crippen LogP contribution in [-0.4, -0.2) is 15.5 Å². The summed E-state index contributed by atoms with van der Waals surface area (Å²) >= 11 is 0. The van der Waals surface area contributed by atoms with E-state index in [1.165, 1.54) is 24.7 Å². The molecule has 4 nitrogen and oxygen atoms in total. The van der Waals surface area contributed by atoms with E-state index in [9.17, 15) is 4.79 Å². The van der Waals surface area contributed by atoms with Crippen molar-refractivity contribution in [3.05, 3.63) is 42.2 Å². The molecule has 1 aromatic carbocycles. The van der Waals surface area contributed by atoms with Crippen LogP contribution in [0.15, 0.2) is 30.9 Å². The van der Waals surface area contributed by atoms with Crippen molar-refractivity contribution in [3.63, 3.8) is 0 Å². The lowest BCUT2D eigenvalue weighted by atomic mass is 10.2. The molecule has 1 heterocycles. The number of fused-ring (bicyclic) bond motifs is 1. The lowest BCUT2D eigenvalue weighted by molar-refractivity contribution is -0.116. The third-order valence-corrected chi connectivity index (χ3v) is 3.57. The van der Waals surface area contributed by atoms with Gasteiger partial charge in [0.15, 0.2) is 0 Å². The molecule has 1 aliphatic carbocycles. The van der Waals surface area contributed by atoms with Gasteiger partial charge in [-0.3, -0.25) is 4.79 Å². The quantitative estimate of drug-likeness (QED) is 0.852. The minimum atomic E-state index is -0.153. The maximum absolute atomic E-state index is 11.2. The van der Waals surface area contributed by atoms with Crippen molar-refractivity contribution in [2.75, 3.05) is 0 Å². The van der Waals surface area contributed by atoms with Crippen molar-refractivity contribution in [2.45, 2.75) is 25.3 Å². The highest BCUT2D eigenvalue weighted by Crippen LogP contribution is 2.40. The van der Waals surface area contributed by atoms with Crippen LogP contribution in [0.3, 0.4) is 0 Å². The zero-order valence-electron chi connectivity index (χ0n) is 11.0. The molecule has 0 atom stereocenters. The Morgan fingerprint density at radius 2 is 2.37 bits per heavy atom. The SMILES string of the molecule is C=CC(=O)NCc1ccc2c(c1)nc(C1CC1)n2C. The molecule has 1 amide bonds. The van der Waals surface area contributed by atoms with Crippen molar-refractivity contribution < 1.29 is 4.79 Å². The normalized spacial score (nSPS) is 14.6. The Labute approximate surface area is 112 Å². The molecular weight excluding hydrogens is 238 g/mol. The first-order valence-corrected chi connectivity index (χ1v) is 6.54. The number of aromatic nitrogens is 2. The van der Waals surface area contributed by atoms with Crippen LogP contribution in [-0.2, 0) is 18.4 Å². The van der Waals surface area contributed by atoms with Crippen molar-refractivity contribution in [1.82, 2.24) is 14.9 Å². The lowest BCUT2D eigenvalue weighted by Crippen LogP contribution is -2.19. The average Bonchev–Trinajstić information content (AvgIpc) is 3.21. The third kappa shape index (κ3) is 2.26. The number of nitrogens with one attached hydrogen (secondary N) is 1. The molecule has 1 fully saturated rings. The first-order valence-electron chi connectivity index (χ1n) is 6.54. The Morgan fingerprint density at radius 1 is 1.58 bits per heavy atom. The summed E-state index contributed by atoms with van der Waals surface area (Å²) in [7, 11) is 2.07. The number of benzene rings is 1. The molecule has 0 unspecified atom stereocenters. The molecule has 19 heavy (non-hydrogen) atoms. The fourth-order valence-corrected chi connectivity index (χ4v) is 2.34. The number of carbonyl (C=O) groups is 1. The fraction of sp³-hybridized carbons (Fsp3) is 0.333. The van der Waals surface area contributed by atoms with E-state index in [-0.39, 0.29) is 5.91 Å². The van der Waals surface area contributed by atoms with Crippen LogP contribution in [0.25, 0.3) is 11.0 Å². The van der Waals surface area contributed by atoms with Crippen molar-refractivity contribution >= 4 is 16.9 Å². The van der Waals surface area contributed by atoms with Crippen molar-refractivity contribution in [1.29, 1.82) is 0 Å². The van der Waals surface area contributed by atoms with E-state index in [4.69, 9.17) is 4.98 Å². The molecule has 0 radical (unpaired) electrons. The Kier molecular flexibility index (Phi) is 2.85.